The SMILES string of the molecule is COc1cc(=O)n(C)cc1C(=O)N1CCC(Oc2ncc(-c3ccncc3)cn2)CC1. The third-order valence-electron chi connectivity index (χ3n) is 5.28. The molecule has 31 heavy (non-hydrogen) atoms. The van der Waals surface area contributed by atoms with Gasteiger partial charge in [-0.1, -0.05) is 0 Å². The topological polar surface area (TPSA) is 99.4 Å². The van der Waals surface area contributed by atoms with Crippen LogP contribution in [0.5, 0.6) is 11.8 Å². The summed E-state index contributed by atoms with van der Waals surface area (Å²) in [5.74, 6) is 0.123. The minimum atomic E-state index is -0.226. The Bertz CT molecular complexity index is 1110. The largest absolute Gasteiger partial charge is 0.496 e. The van der Waals surface area contributed by atoms with Crippen molar-refractivity contribution in [3.05, 3.63) is 65.1 Å². The Morgan fingerprint density at radius 2 is 1.77 bits per heavy atom. The van der Waals surface area contributed by atoms with Gasteiger partial charge in [0.05, 0.1) is 12.7 Å². The van der Waals surface area contributed by atoms with E-state index in [1.165, 1.54) is 23.9 Å². The summed E-state index contributed by atoms with van der Waals surface area (Å²) in [6, 6.07) is 5.44. The summed E-state index contributed by atoms with van der Waals surface area (Å²) in [5, 5.41) is 0. The van der Waals surface area contributed by atoms with Gasteiger partial charge < -0.3 is 18.9 Å². The summed E-state index contributed by atoms with van der Waals surface area (Å²) in [4.78, 5) is 39.1. The molecule has 0 atom stereocenters. The molecule has 0 radical (unpaired) electrons. The molecule has 0 bridgehead atoms. The summed E-state index contributed by atoms with van der Waals surface area (Å²) >= 11 is 0. The van der Waals surface area contributed by atoms with E-state index in [1.54, 1.807) is 36.7 Å². The molecule has 1 amide bonds. The lowest BCUT2D eigenvalue weighted by Crippen LogP contribution is -2.42. The number of methoxy groups -OCH3 is 1. The van der Waals surface area contributed by atoms with E-state index in [4.69, 9.17) is 9.47 Å². The van der Waals surface area contributed by atoms with Crippen molar-refractivity contribution in [1.82, 2.24) is 24.4 Å². The van der Waals surface area contributed by atoms with E-state index in [9.17, 15) is 9.59 Å². The van der Waals surface area contributed by atoms with Crippen molar-refractivity contribution in [2.24, 2.45) is 7.05 Å². The molecule has 0 aliphatic carbocycles. The van der Waals surface area contributed by atoms with Crippen molar-refractivity contribution in [3.63, 3.8) is 0 Å². The maximum atomic E-state index is 12.9. The van der Waals surface area contributed by atoms with E-state index in [-0.39, 0.29) is 23.3 Å². The lowest BCUT2D eigenvalue weighted by molar-refractivity contribution is 0.0575. The highest BCUT2D eigenvalue weighted by Gasteiger charge is 2.27. The standard InChI is InChI=1S/C22H23N5O4/c1-26-14-18(19(30-2)11-20(26)28)21(29)27-9-5-17(6-10-27)31-22-24-12-16(13-25-22)15-3-7-23-8-4-15/h3-4,7-8,11-14,17H,5-6,9-10H2,1-2H3. The highest BCUT2D eigenvalue weighted by Crippen LogP contribution is 2.23. The normalized spacial score (nSPS) is 14.3. The third-order valence-corrected chi connectivity index (χ3v) is 5.28. The molecule has 160 valence electrons. The van der Waals surface area contributed by atoms with Crippen molar-refractivity contribution in [2.45, 2.75) is 18.9 Å². The first-order chi connectivity index (χ1) is 15.0. The number of aryl methyl sites for hydroxylation is 1. The molecule has 0 aromatic carbocycles. The van der Waals surface area contributed by atoms with Gasteiger partial charge in [0.15, 0.2) is 0 Å². The second-order valence-corrected chi connectivity index (χ2v) is 7.30. The van der Waals surface area contributed by atoms with Gasteiger partial charge in [0, 0.05) is 75.6 Å². The lowest BCUT2D eigenvalue weighted by Gasteiger charge is -2.32. The number of rotatable bonds is 5. The molecular weight excluding hydrogens is 398 g/mol. The van der Waals surface area contributed by atoms with E-state index in [2.05, 4.69) is 15.0 Å². The van der Waals surface area contributed by atoms with Crippen molar-refractivity contribution >= 4 is 5.91 Å². The molecule has 1 fully saturated rings. The molecule has 3 aromatic heterocycles. The number of pyridine rings is 2. The van der Waals surface area contributed by atoms with E-state index in [0.29, 0.717) is 37.5 Å². The molecule has 0 saturated carbocycles. The van der Waals surface area contributed by atoms with Crippen LogP contribution >= 0.6 is 0 Å². The molecule has 0 spiro atoms. The van der Waals surface area contributed by atoms with Crippen LogP contribution in [0.25, 0.3) is 11.1 Å². The van der Waals surface area contributed by atoms with Gasteiger partial charge in [-0.15, -0.1) is 0 Å². The monoisotopic (exact) mass is 421 g/mol. The van der Waals surface area contributed by atoms with Gasteiger partial charge in [-0.05, 0) is 17.7 Å². The summed E-state index contributed by atoms with van der Waals surface area (Å²) in [5.41, 5.74) is 2.03. The first kappa shape index (κ1) is 20.5. The van der Waals surface area contributed by atoms with Crippen LogP contribution < -0.4 is 15.0 Å². The molecule has 9 nitrogen and oxygen atoms in total. The zero-order valence-electron chi connectivity index (χ0n) is 17.4. The van der Waals surface area contributed by atoms with E-state index < -0.39 is 0 Å². The molecule has 9 heteroatoms. The predicted molar refractivity (Wildman–Crippen MR) is 113 cm³/mol. The smallest absolute Gasteiger partial charge is 0.316 e. The fraction of sp³-hybridized carbons (Fsp3) is 0.318. The minimum absolute atomic E-state index is 0.0714. The molecular formula is C22H23N5O4. The van der Waals surface area contributed by atoms with Crippen molar-refractivity contribution in [3.8, 4) is 22.9 Å². The number of hydrogen-bond acceptors (Lipinski definition) is 7. The van der Waals surface area contributed by atoms with Gasteiger partial charge in [0.25, 0.3) is 11.5 Å². The average molecular weight is 421 g/mol. The highest BCUT2D eigenvalue weighted by molar-refractivity contribution is 5.96. The van der Waals surface area contributed by atoms with Crippen LogP contribution in [0, 0.1) is 0 Å². The van der Waals surface area contributed by atoms with Gasteiger partial charge >= 0.3 is 6.01 Å². The summed E-state index contributed by atoms with van der Waals surface area (Å²) in [6.07, 6.45) is 9.66. The van der Waals surface area contributed by atoms with Gasteiger partial charge in [-0.3, -0.25) is 14.6 Å². The van der Waals surface area contributed by atoms with Crippen LogP contribution in [0.2, 0.25) is 0 Å². The zero-order chi connectivity index (χ0) is 21.8. The molecule has 4 rings (SSSR count). The second-order valence-electron chi connectivity index (χ2n) is 7.30. The molecule has 1 saturated heterocycles. The second kappa shape index (κ2) is 8.95. The molecule has 1 aliphatic rings. The lowest BCUT2D eigenvalue weighted by atomic mass is 10.1. The van der Waals surface area contributed by atoms with Crippen LogP contribution in [0.15, 0.2) is 54.0 Å². The van der Waals surface area contributed by atoms with Crippen molar-refractivity contribution in [2.75, 3.05) is 20.2 Å². The zero-order valence-corrected chi connectivity index (χ0v) is 17.4. The van der Waals surface area contributed by atoms with Crippen LogP contribution in [0.4, 0.5) is 0 Å². The Labute approximate surface area is 179 Å². The minimum Gasteiger partial charge on any atom is -0.496 e. The molecule has 3 aromatic rings. The number of carbonyl (C=O) groups excluding carboxylic acids is 1. The Kier molecular flexibility index (Phi) is 5.92. The number of hydrogen-bond donors (Lipinski definition) is 0. The Morgan fingerprint density at radius 3 is 2.42 bits per heavy atom. The number of likely N-dealkylation sites (tertiary alicyclic amines) is 1. The fourth-order valence-electron chi connectivity index (χ4n) is 3.51. The fourth-order valence-corrected chi connectivity index (χ4v) is 3.51. The average Bonchev–Trinajstić information content (AvgIpc) is 2.81. The van der Waals surface area contributed by atoms with Crippen LogP contribution in [-0.2, 0) is 7.05 Å². The van der Waals surface area contributed by atoms with Gasteiger partial charge in [0.2, 0.25) is 0 Å². The number of carbonyl (C=O) groups is 1. The molecule has 4 heterocycles. The number of ether oxygens (including phenoxy) is 2. The maximum absolute atomic E-state index is 12.9. The van der Waals surface area contributed by atoms with Crippen LogP contribution in [0.1, 0.15) is 23.2 Å². The maximum Gasteiger partial charge on any atom is 0.316 e. The first-order valence-electron chi connectivity index (χ1n) is 9.98. The number of aromatic nitrogens is 4. The van der Waals surface area contributed by atoms with Gasteiger partial charge in [0.1, 0.15) is 11.9 Å². The van der Waals surface area contributed by atoms with Crippen LogP contribution in [0.3, 0.4) is 0 Å². The number of amides is 1. The Morgan fingerprint density at radius 1 is 1.10 bits per heavy atom. The quantitative estimate of drug-likeness (QED) is 0.621. The van der Waals surface area contributed by atoms with Gasteiger partial charge in [-0.2, -0.15) is 0 Å². The Balaban J connectivity index is 1.36. The first-order valence-corrected chi connectivity index (χ1v) is 9.98. The van der Waals surface area contributed by atoms with E-state index in [1.807, 2.05) is 12.1 Å². The van der Waals surface area contributed by atoms with Crippen molar-refractivity contribution in [1.29, 1.82) is 0 Å². The molecule has 0 unspecified atom stereocenters. The number of piperidine rings is 1. The van der Waals surface area contributed by atoms with Crippen molar-refractivity contribution < 1.29 is 14.3 Å². The highest BCUT2D eigenvalue weighted by atomic mass is 16.5. The molecule has 1 aliphatic heterocycles. The van der Waals surface area contributed by atoms with Crippen LogP contribution in [-0.4, -0.2) is 56.6 Å². The Hall–Kier alpha value is -3.75. The van der Waals surface area contributed by atoms with E-state index in [0.717, 1.165) is 11.1 Å². The number of nitrogens with zero attached hydrogens (tertiary/aromatic N) is 5. The predicted octanol–water partition coefficient (Wildman–Crippen LogP) is 1.93. The van der Waals surface area contributed by atoms with E-state index >= 15 is 0 Å². The summed E-state index contributed by atoms with van der Waals surface area (Å²) in [7, 11) is 3.06. The third kappa shape index (κ3) is 4.55. The van der Waals surface area contributed by atoms with Gasteiger partial charge in [-0.25, -0.2) is 9.97 Å². The summed E-state index contributed by atoms with van der Waals surface area (Å²) < 4.78 is 12.5. The molecule has 0 N–H and O–H groups in total. The summed E-state index contributed by atoms with van der Waals surface area (Å²) in [6.45, 7) is 1.06.